The average molecular weight is 315 g/mol. The first-order valence-electron chi connectivity index (χ1n) is 7.71. The minimum absolute atomic E-state index is 0.170. The Hall–Kier alpha value is -1.72. The van der Waals surface area contributed by atoms with Gasteiger partial charge in [-0.25, -0.2) is 4.98 Å². The van der Waals surface area contributed by atoms with Crippen molar-refractivity contribution in [2.75, 3.05) is 13.1 Å². The van der Waals surface area contributed by atoms with Crippen molar-refractivity contribution in [1.82, 2.24) is 9.88 Å². The summed E-state index contributed by atoms with van der Waals surface area (Å²) in [5.74, 6) is 0.170. The Kier molecular flexibility index (Phi) is 4.85. The summed E-state index contributed by atoms with van der Waals surface area (Å²) >= 11 is 1.63. The maximum atomic E-state index is 12.3. The number of hydrogen-bond donors (Lipinski definition) is 1. The van der Waals surface area contributed by atoms with Crippen LogP contribution in [0.3, 0.4) is 0 Å². The van der Waals surface area contributed by atoms with Crippen LogP contribution in [0.15, 0.2) is 35.7 Å². The molecule has 5 heteroatoms. The van der Waals surface area contributed by atoms with Crippen LogP contribution in [0.5, 0.6) is 0 Å². The minimum Gasteiger partial charge on any atom is -0.342 e. The summed E-state index contributed by atoms with van der Waals surface area (Å²) in [4.78, 5) is 18.8. The van der Waals surface area contributed by atoms with Crippen LogP contribution in [0.2, 0.25) is 0 Å². The molecule has 0 saturated carbocycles. The first kappa shape index (κ1) is 15.2. The number of amides is 1. The van der Waals surface area contributed by atoms with Gasteiger partial charge in [-0.2, -0.15) is 0 Å². The summed E-state index contributed by atoms with van der Waals surface area (Å²) in [6, 6.07) is 10.5. The molecular formula is C17H21N3OS. The van der Waals surface area contributed by atoms with Gasteiger partial charge in [0.15, 0.2) is 0 Å². The van der Waals surface area contributed by atoms with Crippen molar-refractivity contribution < 1.29 is 4.79 Å². The third-order valence-corrected chi connectivity index (χ3v) is 4.92. The second-order valence-electron chi connectivity index (χ2n) is 5.79. The molecule has 4 nitrogen and oxygen atoms in total. The molecule has 0 bridgehead atoms. The van der Waals surface area contributed by atoms with Crippen LogP contribution in [0.1, 0.15) is 29.1 Å². The van der Waals surface area contributed by atoms with Gasteiger partial charge in [-0.1, -0.05) is 30.3 Å². The molecule has 116 valence electrons. The monoisotopic (exact) mass is 315 g/mol. The van der Waals surface area contributed by atoms with Crippen molar-refractivity contribution in [1.29, 1.82) is 0 Å². The van der Waals surface area contributed by atoms with Gasteiger partial charge < -0.3 is 10.6 Å². The van der Waals surface area contributed by atoms with Gasteiger partial charge in [-0.3, -0.25) is 4.79 Å². The number of benzene rings is 1. The Morgan fingerprint density at radius 3 is 2.73 bits per heavy atom. The van der Waals surface area contributed by atoms with Crippen LogP contribution in [-0.4, -0.2) is 34.9 Å². The quantitative estimate of drug-likeness (QED) is 0.941. The molecule has 0 unspecified atom stereocenters. The Morgan fingerprint density at radius 1 is 1.27 bits per heavy atom. The highest BCUT2D eigenvalue weighted by molar-refractivity contribution is 7.09. The number of nitrogens with two attached hydrogens (primary N) is 1. The van der Waals surface area contributed by atoms with Gasteiger partial charge in [-0.05, 0) is 18.4 Å². The Balaban J connectivity index is 1.56. The smallest absolute Gasteiger partial charge is 0.228 e. The molecule has 1 aliphatic rings. The largest absolute Gasteiger partial charge is 0.342 e. The van der Waals surface area contributed by atoms with Gasteiger partial charge in [0, 0.05) is 30.9 Å². The predicted molar refractivity (Wildman–Crippen MR) is 88.9 cm³/mol. The first-order valence-corrected chi connectivity index (χ1v) is 8.59. The molecule has 1 fully saturated rings. The molecule has 2 N–H and O–H groups in total. The SMILES string of the molecule is NC1CCN(C(=O)Cc2csc(Cc3ccccc3)n2)CC1. The molecule has 0 spiro atoms. The fourth-order valence-electron chi connectivity index (χ4n) is 2.70. The molecule has 0 radical (unpaired) electrons. The van der Waals surface area contributed by atoms with E-state index in [4.69, 9.17) is 5.73 Å². The van der Waals surface area contributed by atoms with Crippen molar-refractivity contribution in [2.45, 2.75) is 31.7 Å². The van der Waals surface area contributed by atoms with Crippen LogP contribution in [0.25, 0.3) is 0 Å². The molecule has 0 aliphatic carbocycles. The topological polar surface area (TPSA) is 59.2 Å². The second-order valence-corrected chi connectivity index (χ2v) is 6.73. The zero-order valence-electron chi connectivity index (χ0n) is 12.6. The number of rotatable bonds is 4. The molecule has 2 aromatic rings. The summed E-state index contributed by atoms with van der Waals surface area (Å²) in [5, 5.41) is 3.07. The van der Waals surface area contributed by atoms with E-state index in [1.165, 1.54) is 5.56 Å². The van der Waals surface area contributed by atoms with Crippen molar-refractivity contribution in [3.63, 3.8) is 0 Å². The lowest BCUT2D eigenvalue weighted by Crippen LogP contribution is -2.43. The highest BCUT2D eigenvalue weighted by atomic mass is 32.1. The highest BCUT2D eigenvalue weighted by Gasteiger charge is 2.21. The van der Waals surface area contributed by atoms with Gasteiger partial charge in [-0.15, -0.1) is 11.3 Å². The molecule has 1 amide bonds. The Bertz CT molecular complexity index is 618. The molecule has 3 rings (SSSR count). The lowest BCUT2D eigenvalue weighted by atomic mass is 10.1. The van der Waals surface area contributed by atoms with E-state index in [0.717, 1.165) is 43.1 Å². The number of thiazole rings is 1. The van der Waals surface area contributed by atoms with Crippen LogP contribution in [0.4, 0.5) is 0 Å². The maximum Gasteiger partial charge on any atom is 0.228 e. The number of likely N-dealkylation sites (tertiary alicyclic amines) is 1. The molecule has 2 heterocycles. The van der Waals surface area contributed by atoms with E-state index in [9.17, 15) is 4.79 Å². The summed E-state index contributed by atoms with van der Waals surface area (Å²) in [6.45, 7) is 1.56. The Labute approximate surface area is 135 Å². The third-order valence-electron chi connectivity index (χ3n) is 4.02. The van der Waals surface area contributed by atoms with Crippen LogP contribution in [-0.2, 0) is 17.6 Å². The van der Waals surface area contributed by atoms with Gasteiger partial charge in [0.05, 0.1) is 17.1 Å². The lowest BCUT2D eigenvalue weighted by Gasteiger charge is -2.30. The normalized spacial score (nSPS) is 16.0. The second kappa shape index (κ2) is 7.03. The number of carbonyl (C=O) groups is 1. The van der Waals surface area contributed by atoms with Crippen molar-refractivity contribution in [3.05, 3.63) is 52.0 Å². The summed E-state index contributed by atoms with van der Waals surface area (Å²) in [5.41, 5.74) is 8.01. The number of nitrogens with zero attached hydrogens (tertiary/aromatic N) is 2. The van der Waals surface area contributed by atoms with E-state index in [2.05, 4.69) is 17.1 Å². The number of piperidine rings is 1. The predicted octanol–water partition coefficient (Wildman–Crippen LogP) is 2.23. The van der Waals surface area contributed by atoms with Crippen molar-refractivity contribution in [2.24, 2.45) is 5.73 Å². The molecule has 1 saturated heterocycles. The van der Waals surface area contributed by atoms with Crippen molar-refractivity contribution in [3.8, 4) is 0 Å². The van der Waals surface area contributed by atoms with Gasteiger partial charge in [0.25, 0.3) is 0 Å². The van der Waals surface area contributed by atoms with Crippen LogP contribution < -0.4 is 5.73 Å². The zero-order chi connectivity index (χ0) is 15.4. The van der Waals surface area contributed by atoms with E-state index < -0.39 is 0 Å². The maximum absolute atomic E-state index is 12.3. The standard InChI is InChI=1S/C17H21N3OS/c18-14-6-8-20(9-7-14)17(21)11-15-12-22-16(19-15)10-13-4-2-1-3-5-13/h1-5,12,14H,6-11,18H2. The van der Waals surface area contributed by atoms with E-state index in [-0.39, 0.29) is 11.9 Å². The molecular weight excluding hydrogens is 294 g/mol. The summed E-state index contributed by atoms with van der Waals surface area (Å²) < 4.78 is 0. The average Bonchev–Trinajstić information content (AvgIpc) is 2.96. The van der Waals surface area contributed by atoms with Crippen LogP contribution in [0, 0.1) is 0 Å². The molecule has 0 atom stereocenters. The Morgan fingerprint density at radius 2 is 2.00 bits per heavy atom. The van der Waals surface area contributed by atoms with E-state index in [0.29, 0.717) is 6.42 Å². The fraction of sp³-hybridized carbons (Fsp3) is 0.412. The first-order chi connectivity index (χ1) is 10.7. The van der Waals surface area contributed by atoms with E-state index in [1.54, 1.807) is 11.3 Å². The minimum atomic E-state index is 0.170. The van der Waals surface area contributed by atoms with Gasteiger partial charge >= 0.3 is 0 Å². The summed E-state index contributed by atoms with van der Waals surface area (Å²) in [6.07, 6.45) is 3.04. The van der Waals surface area contributed by atoms with E-state index >= 15 is 0 Å². The lowest BCUT2D eigenvalue weighted by molar-refractivity contribution is -0.131. The number of carbonyl (C=O) groups excluding carboxylic acids is 1. The third kappa shape index (κ3) is 3.93. The molecule has 1 aliphatic heterocycles. The van der Waals surface area contributed by atoms with Gasteiger partial charge in [0.1, 0.15) is 0 Å². The van der Waals surface area contributed by atoms with E-state index in [1.807, 2.05) is 28.5 Å². The number of aromatic nitrogens is 1. The van der Waals surface area contributed by atoms with Crippen LogP contribution >= 0.6 is 11.3 Å². The highest BCUT2D eigenvalue weighted by Crippen LogP contribution is 2.16. The molecule has 1 aromatic carbocycles. The van der Waals surface area contributed by atoms with Crippen molar-refractivity contribution >= 4 is 17.2 Å². The molecule has 1 aromatic heterocycles. The number of hydrogen-bond acceptors (Lipinski definition) is 4. The summed E-state index contributed by atoms with van der Waals surface area (Å²) in [7, 11) is 0. The fourth-order valence-corrected chi connectivity index (χ4v) is 3.53. The zero-order valence-corrected chi connectivity index (χ0v) is 13.4. The molecule has 22 heavy (non-hydrogen) atoms. The van der Waals surface area contributed by atoms with Gasteiger partial charge in [0.2, 0.25) is 5.91 Å².